The molecule has 0 radical (unpaired) electrons. The molecule has 1 atom stereocenters. The van der Waals surface area contributed by atoms with Gasteiger partial charge in [0.15, 0.2) is 0 Å². The molecule has 146 valence electrons. The van der Waals surface area contributed by atoms with E-state index in [2.05, 4.69) is 5.32 Å². The second-order valence-electron chi connectivity index (χ2n) is 6.93. The number of ether oxygens (including phenoxy) is 1. The topological polar surface area (TPSA) is 75.7 Å². The van der Waals surface area contributed by atoms with Crippen LogP contribution in [0, 0.1) is 19.8 Å². The highest BCUT2D eigenvalue weighted by Crippen LogP contribution is 2.28. The SMILES string of the molecule is CCOC(=O)c1ccccc1NC(=O)C1CC(=O)N(c2ccc(C)c(C)c2)C1. The number of carbonyl (C=O) groups excluding carboxylic acids is 3. The first-order valence-corrected chi connectivity index (χ1v) is 9.35. The summed E-state index contributed by atoms with van der Waals surface area (Å²) < 4.78 is 5.04. The zero-order chi connectivity index (χ0) is 20.3. The summed E-state index contributed by atoms with van der Waals surface area (Å²) in [6.07, 6.45) is 0.139. The van der Waals surface area contributed by atoms with Crippen LogP contribution >= 0.6 is 0 Å². The van der Waals surface area contributed by atoms with E-state index in [1.807, 2.05) is 32.0 Å². The fourth-order valence-corrected chi connectivity index (χ4v) is 3.24. The largest absolute Gasteiger partial charge is 0.462 e. The second kappa shape index (κ2) is 8.25. The number of nitrogens with zero attached hydrogens (tertiary/aromatic N) is 1. The molecule has 6 heteroatoms. The number of para-hydroxylation sites is 1. The molecule has 1 unspecified atom stereocenters. The van der Waals surface area contributed by atoms with E-state index in [0.717, 1.165) is 16.8 Å². The summed E-state index contributed by atoms with van der Waals surface area (Å²) in [5, 5.41) is 2.79. The Balaban J connectivity index is 1.73. The van der Waals surface area contributed by atoms with Crippen molar-refractivity contribution in [1.82, 2.24) is 0 Å². The fourth-order valence-electron chi connectivity index (χ4n) is 3.24. The molecule has 1 fully saturated rings. The molecule has 1 saturated heterocycles. The normalized spacial score (nSPS) is 16.2. The third-order valence-electron chi connectivity index (χ3n) is 4.98. The summed E-state index contributed by atoms with van der Waals surface area (Å²) in [4.78, 5) is 38.9. The van der Waals surface area contributed by atoms with Gasteiger partial charge in [-0.2, -0.15) is 0 Å². The van der Waals surface area contributed by atoms with E-state index >= 15 is 0 Å². The molecule has 0 aromatic heterocycles. The van der Waals surface area contributed by atoms with Crippen molar-refractivity contribution in [3.8, 4) is 0 Å². The quantitative estimate of drug-likeness (QED) is 0.806. The Labute approximate surface area is 164 Å². The average molecular weight is 380 g/mol. The molecule has 1 aliphatic rings. The molecular formula is C22H24N2O4. The lowest BCUT2D eigenvalue weighted by molar-refractivity contribution is -0.122. The maximum atomic E-state index is 12.7. The van der Waals surface area contributed by atoms with Gasteiger partial charge in [0.2, 0.25) is 11.8 Å². The van der Waals surface area contributed by atoms with E-state index in [4.69, 9.17) is 4.74 Å². The van der Waals surface area contributed by atoms with Gasteiger partial charge in [-0.05, 0) is 56.2 Å². The molecule has 1 heterocycles. The lowest BCUT2D eigenvalue weighted by atomic mass is 10.1. The van der Waals surface area contributed by atoms with Crippen LogP contribution in [0.5, 0.6) is 0 Å². The number of hydrogen-bond acceptors (Lipinski definition) is 4. The van der Waals surface area contributed by atoms with Gasteiger partial charge in [-0.25, -0.2) is 4.79 Å². The smallest absolute Gasteiger partial charge is 0.340 e. The number of amides is 2. The highest BCUT2D eigenvalue weighted by atomic mass is 16.5. The van der Waals surface area contributed by atoms with E-state index in [0.29, 0.717) is 17.8 Å². The number of rotatable bonds is 5. The van der Waals surface area contributed by atoms with Crippen molar-refractivity contribution in [3.05, 3.63) is 59.2 Å². The van der Waals surface area contributed by atoms with E-state index in [1.165, 1.54) is 0 Å². The molecule has 6 nitrogen and oxygen atoms in total. The maximum Gasteiger partial charge on any atom is 0.340 e. The molecule has 1 N–H and O–H groups in total. The summed E-state index contributed by atoms with van der Waals surface area (Å²) in [7, 11) is 0. The summed E-state index contributed by atoms with van der Waals surface area (Å²) in [6.45, 7) is 6.31. The minimum atomic E-state index is -0.488. The molecule has 3 rings (SSSR count). The van der Waals surface area contributed by atoms with Crippen LogP contribution < -0.4 is 10.2 Å². The predicted molar refractivity (Wildman–Crippen MR) is 107 cm³/mol. The minimum Gasteiger partial charge on any atom is -0.462 e. The number of anilines is 2. The lowest BCUT2D eigenvalue weighted by Crippen LogP contribution is -2.28. The van der Waals surface area contributed by atoms with Crippen LogP contribution in [0.1, 0.15) is 34.8 Å². The first-order valence-electron chi connectivity index (χ1n) is 9.35. The Hall–Kier alpha value is -3.15. The Morgan fingerprint density at radius 1 is 1.14 bits per heavy atom. The summed E-state index contributed by atoms with van der Waals surface area (Å²) in [5.41, 5.74) is 3.74. The van der Waals surface area contributed by atoms with Gasteiger partial charge in [0, 0.05) is 18.7 Å². The third kappa shape index (κ3) is 4.06. The number of aryl methyl sites for hydroxylation is 2. The first kappa shape index (κ1) is 19.6. The lowest BCUT2D eigenvalue weighted by Gasteiger charge is -2.18. The molecule has 1 aliphatic heterocycles. The molecule has 0 spiro atoms. The Kier molecular flexibility index (Phi) is 5.78. The fraction of sp³-hybridized carbons (Fsp3) is 0.318. The maximum absolute atomic E-state index is 12.7. The predicted octanol–water partition coefficient (Wildman–Crippen LogP) is 3.47. The van der Waals surface area contributed by atoms with Gasteiger partial charge < -0.3 is 15.0 Å². The third-order valence-corrected chi connectivity index (χ3v) is 4.98. The van der Waals surface area contributed by atoms with Crippen LogP contribution in [-0.2, 0) is 14.3 Å². The highest BCUT2D eigenvalue weighted by Gasteiger charge is 2.35. The van der Waals surface area contributed by atoms with Crippen LogP contribution in [0.25, 0.3) is 0 Å². The molecule has 2 amide bonds. The van der Waals surface area contributed by atoms with E-state index < -0.39 is 11.9 Å². The molecular weight excluding hydrogens is 356 g/mol. The molecule has 0 aliphatic carbocycles. The number of benzene rings is 2. The van der Waals surface area contributed by atoms with Crippen LogP contribution in [0.3, 0.4) is 0 Å². The van der Waals surface area contributed by atoms with Crippen LogP contribution in [0.15, 0.2) is 42.5 Å². The Morgan fingerprint density at radius 2 is 1.89 bits per heavy atom. The molecule has 28 heavy (non-hydrogen) atoms. The number of hydrogen-bond donors (Lipinski definition) is 1. The standard InChI is InChI=1S/C22H24N2O4/c1-4-28-22(27)18-7-5-6-8-19(18)23-21(26)16-12-20(25)24(13-16)17-10-9-14(2)15(3)11-17/h5-11,16H,4,12-13H2,1-3H3,(H,23,26). The number of esters is 1. The first-order chi connectivity index (χ1) is 13.4. The van der Waals surface area contributed by atoms with Crippen molar-refractivity contribution in [1.29, 1.82) is 0 Å². The zero-order valence-corrected chi connectivity index (χ0v) is 16.3. The zero-order valence-electron chi connectivity index (χ0n) is 16.3. The molecule has 2 aromatic carbocycles. The summed E-state index contributed by atoms with van der Waals surface area (Å²) in [5.74, 6) is -1.33. The number of nitrogens with one attached hydrogen (secondary N) is 1. The van der Waals surface area contributed by atoms with E-state index in [1.54, 1.807) is 36.1 Å². The summed E-state index contributed by atoms with van der Waals surface area (Å²) >= 11 is 0. The summed E-state index contributed by atoms with van der Waals surface area (Å²) in [6, 6.07) is 12.5. The van der Waals surface area contributed by atoms with Gasteiger partial charge in [0.25, 0.3) is 0 Å². The van der Waals surface area contributed by atoms with Crippen molar-refractivity contribution in [2.75, 3.05) is 23.4 Å². The van der Waals surface area contributed by atoms with Crippen LogP contribution in [-0.4, -0.2) is 30.9 Å². The van der Waals surface area contributed by atoms with E-state index in [-0.39, 0.29) is 24.8 Å². The van der Waals surface area contributed by atoms with Crippen molar-refractivity contribution in [2.24, 2.45) is 5.92 Å². The van der Waals surface area contributed by atoms with Crippen molar-refractivity contribution >= 4 is 29.2 Å². The highest BCUT2D eigenvalue weighted by molar-refractivity contribution is 6.06. The van der Waals surface area contributed by atoms with Gasteiger partial charge >= 0.3 is 5.97 Å². The van der Waals surface area contributed by atoms with Crippen LogP contribution in [0.4, 0.5) is 11.4 Å². The van der Waals surface area contributed by atoms with Crippen LogP contribution in [0.2, 0.25) is 0 Å². The molecule has 0 saturated carbocycles. The van der Waals surface area contributed by atoms with E-state index in [9.17, 15) is 14.4 Å². The monoisotopic (exact) mass is 380 g/mol. The Bertz CT molecular complexity index is 923. The minimum absolute atomic E-state index is 0.0814. The van der Waals surface area contributed by atoms with Gasteiger partial charge in [-0.15, -0.1) is 0 Å². The number of carbonyl (C=O) groups is 3. The van der Waals surface area contributed by atoms with Crippen molar-refractivity contribution < 1.29 is 19.1 Å². The van der Waals surface area contributed by atoms with Crippen molar-refractivity contribution in [3.63, 3.8) is 0 Å². The average Bonchev–Trinajstić information content (AvgIpc) is 3.06. The second-order valence-corrected chi connectivity index (χ2v) is 6.93. The van der Waals surface area contributed by atoms with Gasteiger partial charge in [-0.1, -0.05) is 18.2 Å². The molecule has 2 aromatic rings. The molecule has 0 bridgehead atoms. The van der Waals surface area contributed by atoms with Gasteiger partial charge in [-0.3, -0.25) is 9.59 Å². The van der Waals surface area contributed by atoms with Gasteiger partial charge in [0.05, 0.1) is 23.8 Å². The van der Waals surface area contributed by atoms with Gasteiger partial charge in [0.1, 0.15) is 0 Å². The Morgan fingerprint density at radius 3 is 2.61 bits per heavy atom. The van der Waals surface area contributed by atoms with Crippen molar-refractivity contribution in [2.45, 2.75) is 27.2 Å².